The Morgan fingerprint density at radius 2 is 1.57 bits per heavy atom. The molecule has 0 unspecified atom stereocenters. The molecule has 1 aliphatic heterocycles. The van der Waals surface area contributed by atoms with Gasteiger partial charge in [-0.05, 0) is 35.2 Å². The van der Waals surface area contributed by atoms with Crippen LogP contribution >= 0.6 is 0 Å². The number of likely N-dealkylation sites (N-methyl/N-ethyl adjacent to an activating group) is 1. The fraction of sp³-hybridized carbons (Fsp3) is 0.364. The van der Waals surface area contributed by atoms with Crippen LogP contribution in [0.1, 0.15) is 41.0 Å². The number of carboxylic acid groups (broad SMARTS) is 1. The predicted octanol–water partition coefficient (Wildman–Crippen LogP) is 1.64. The number of benzene rings is 2. The van der Waals surface area contributed by atoms with Gasteiger partial charge in [0, 0.05) is 13.6 Å². The lowest BCUT2D eigenvalue weighted by atomic mass is 10.0. The summed E-state index contributed by atoms with van der Waals surface area (Å²) in [6, 6.07) is 9.04. The van der Waals surface area contributed by atoms with Gasteiger partial charge in [0.15, 0.2) is 0 Å². The number of carbonyl (C=O) groups excluding carboxylic acids is 3. The number of nitrogens with zero attached hydrogens (tertiary/aromatic N) is 1. The Morgan fingerprint density at radius 3 is 2.00 bits per heavy atom. The van der Waals surface area contributed by atoms with Gasteiger partial charge in [0.1, 0.15) is 6.04 Å². The average molecular weight is 411 g/mol. The summed E-state index contributed by atoms with van der Waals surface area (Å²) in [5, 5.41) is 16.7. The standard InChI is InChI=1S/C22H25N3O5/c1-12(2)18(19(26)23-3)24-17(22(29)30)8-9-25-20(27)15-10-13-6-4-5-7-14(13)11-16(15)21(25)28/h4-7,10-12,17-18,24H,8-9H2,1-3H3,(H,23,26)(H,29,30)/t17-,18+/m1/s1. The van der Waals surface area contributed by atoms with Crippen LogP contribution in [0.4, 0.5) is 0 Å². The van der Waals surface area contributed by atoms with Crippen molar-refractivity contribution in [1.29, 1.82) is 0 Å². The molecule has 2 aromatic rings. The molecule has 0 fully saturated rings. The van der Waals surface area contributed by atoms with Crippen molar-refractivity contribution in [3.63, 3.8) is 0 Å². The van der Waals surface area contributed by atoms with Gasteiger partial charge in [-0.2, -0.15) is 0 Å². The van der Waals surface area contributed by atoms with E-state index in [2.05, 4.69) is 10.6 Å². The molecule has 0 saturated carbocycles. The summed E-state index contributed by atoms with van der Waals surface area (Å²) in [4.78, 5) is 50.4. The van der Waals surface area contributed by atoms with Gasteiger partial charge in [-0.15, -0.1) is 0 Å². The van der Waals surface area contributed by atoms with Crippen LogP contribution in [0.2, 0.25) is 0 Å². The molecule has 2 aromatic carbocycles. The summed E-state index contributed by atoms with van der Waals surface area (Å²) >= 11 is 0. The maximum Gasteiger partial charge on any atom is 0.320 e. The SMILES string of the molecule is CNC(=O)[C@@H](N[C@H](CCN1C(=O)c2cc3ccccc3cc2C1=O)C(=O)O)C(C)C. The number of amides is 3. The first-order valence-corrected chi connectivity index (χ1v) is 9.84. The minimum Gasteiger partial charge on any atom is -0.480 e. The topological polar surface area (TPSA) is 116 Å². The molecule has 3 amide bonds. The first kappa shape index (κ1) is 21.4. The lowest BCUT2D eigenvalue weighted by molar-refractivity contribution is -0.140. The van der Waals surface area contributed by atoms with Crippen LogP contribution in [0.25, 0.3) is 10.8 Å². The third kappa shape index (κ3) is 4.04. The van der Waals surface area contributed by atoms with E-state index in [0.717, 1.165) is 15.7 Å². The predicted molar refractivity (Wildman–Crippen MR) is 111 cm³/mol. The van der Waals surface area contributed by atoms with Gasteiger partial charge in [0.05, 0.1) is 17.2 Å². The molecule has 0 bridgehead atoms. The third-order valence-electron chi connectivity index (χ3n) is 5.35. The molecule has 0 aliphatic carbocycles. The van der Waals surface area contributed by atoms with Crippen LogP contribution in [0, 0.1) is 5.92 Å². The van der Waals surface area contributed by atoms with Crippen molar-refractivity contribution in [1.82, 2.24) is 15.5 Å². The number of carbonyl (C=O) groups is 4. The molecule has 1 aliphatic rings. The van der Waals surface area contributed by atoms with E-state index in [1.807, 2.05) is 24.3 Å². The lowest BCUT2D eigenvalue weighted by Gasteiger charge is -2.26. The van der Waals surface area contributed by atoms with E-state index in [-0.39, 0.29) is 24.8 Å². The molecule has 158 valence electrons. The zero-order chi connectivity index (χ0) is 22.0. The van der Waals surface area contributed by atoms with E-state index < -0.39 is 29.9 Å². The molecule has 0 radical (unpaired) electrons. The molecule has 3 N–H and O–H groups in total. The highest BCUT2D eigenvalue weighted by Gasteiger charge is 2.37. The largest absolute Gasteiger partial charge is 0.480 e. The number of nitrogens with one attached hydrogen (secondary N) is 2. The van der Waals surface area contributed by atoms with E-state index >= 15 is 0 Å². The van der Waals surface area contributed by atoms with E-state index in [1.54, 1.807) is 26.0 Å². The normalized spacial score (nSPS) is 15.4. The van der Waals surface area contributed by atoms with Gasteiger partial charge >= 0.3 is 5.97 Å². The summed E-state index contributed by atoms with van der Waals surface area (Å²) in [7, 11) is 1.48. The van der Waals surface area contributed by atoms with E-state index in [9.17, 15) is 24.3 Å². The molecule has 3 rings (SSSR count). The van der Waals surface area contributed by atoms with Crippen LogP contribution in [0.15, 0.2) is 36.4 Å². The Morgan fingerprint density at radius 1 is 1.03 bits per heavy atom. The highest BCUT2D eigenvalue weighted by molar-refractivity contribution is 6.23. The lowest BCUT2D eigenvalue weighted by Crippen LogP contribution is -2.53. The number of imide groups is 1. The second-order valence-electron chi connectivity index (χ2n) is 7.69. The van der Waals surface area contributed by atoms with Crippen molar-refractivity contribution in [3.05, 3.63) is 47.5 Å². The zero-order valence-electron chi connectivity index (χ0n) is 17.1. The maximum absolute atomic E-state index is 12.8. The molecular formula is C22H25N3O5. The number of rotatable bonds is 8. The van der Waals surface area contributed by atoms with Crippen molar-refractivity contribution in [2.24, 2.45) is 5.92 Å². The number of aliphatic carboxylic acids is 1. The molecule has 30 heavy (non-hydrogen) atoms. The van der Waals surface area contributed by atoms with E-state index in [4.69, 9.17) is 0 Å². The number of hydrogen-bond acceptors (Lipinski definition) is 5. The van der Waals surface area contributed by atoms with Crippen molar-refractivity contribution in [2.75, 3.05) is 13.6 Å². The molecule has 0 saturated heterocycles. The summed E-state index contributed by atoms with van der Waals surface area (Å²) in [6.07, 6.45) is -0.0134. The van der Waals surface area contributed by atoms with Crippen LogP contribution in [0.5, 0.6) is 0 Å². The molecule has 2 atom stereocenters. The number of hydrogen-bond donors (Lipinski definition) is 3. The number of fused-ring (bicyclic) bond motifs is 2. The summed E-state index contributed by atoms with van der Waals surface area (Å²) in [5.74, 6) is -2.47. The fourth-order valence-corrected chi connectivity index (χ4v) is 3.66. The summed E-state index contributed by atoms with van der Waals surface area (Å²) in [6.45, 7) is 3.55. The highest BCUT2D eigenvalue weighted by atomic mass is 16.4. The second-order valence-corrected chi connectivity index (χ2v) is 7.69. The van der Waals surface area contributed by atoms with Crippen LogP contribution in [0.3, 0.4) is 0 Å². The minimum atomic E-state index is -1.15. The van der Waals surface area contributed by atoms with Gasteiger partial charge in [-0.3, -0.25) is 29.4 Å². The first-order valence-electron chi connectivity index (χ1n) is 9.84. The van der Waals surface area contributed by atoms with Crippen LogP contribution in [-0.2, 0) is 9.59 Å². The van der Waals surface area contributed by atoms with E-state index in [0.29, 0.717) is 11.1 Å². The summed E-state index contributed by atoms with van der Waals surface area (Å²) < 4.78 is 0. The minimum absolute atomic E-state index is 0.0134. The molecule has 0 aromatic heterocycles. The average Bonchev–Trinajstić information content (AvgIpc) is 2.95. The molecule has 8 nitrogen and oxygen atoms in total. The second kappa shape index (κ2) is 8.62. The van der Waals surface area contributed by atoms with Crippen molar-refractivity contribution >= 4 is 34.5 Å². The van der Waals surface area contributed by atoms with Crippen LogP contribution in [-0.4, -0.2) is 59.4 Å². The molecule has 0 spiro atoms. The Kier molecular flexibility index (Phi) is 6.17. The van der Waals surface area contributed by atoms with Crippen molar-refractivity contribution in [2.45, 2.75) is 32.4 Å². The van der Waals surface area contributed by atoms with Crippen LogP contribution < -0.4 is 10.6 Å². The van der Waals surface area contributed by atoms with Crippen molar-refractivity contribution < 1.29 is 24.3 Å². The first-order chi connectivity index (χ1) is 14.2. The Balaban J connectivity index is 1.77. The highest BCUT2D eigenvalue weighted by Crippen LogP contribution is 2.28. The number of carboxylic acids is 1. The van der Waals surface area contributed by atoms with Gasteiger partial charge < -0.3 is 10.4 Å². The third-order valence-corrected chi connectivity index (χ3v) is 5.35. The summed E-state index contributed by atoms with van der Waals surface area (Å²) in [5.41, 5.74) is 0.646. The van der Waals surface area contributed by atoms with Gasteiger partial charge in [0.25, 0.3) is 11.8 Å². The maximum atomic E-state index is 12.8. The van der Waals surface area contributed by atoms with Gasteiger partial charge in [-0.1, -0.05) is 38.1 Å². The van der Waals surface area contributed by atoms with E-state index in [1.165, 1.54) is 7.05 Å². The molecule has 8 heteroatoms. The van der Waals surface area contributed by atoms with Gasteiger partial charge in [0.2, 0.25) is 5.91 Å². The Bertz CT molecular complexity index is 963. The molecular weight excluding hydrogens is 386 g/mol. The molecule has 1 heterocycles. The smallest absolute Gasteiger partial charge is 0.320 e. The zero-order valence-corrected chi connectivity index (χ0v) is 17.1. The van der Waals surface area contributed by atoms with Crippen molar-refractivity contribution in [3.8, 4) is 0 Å². The Labute approximate surface area is 174 Å². The monoisotopic (exact) mass is 411 g/mol. The Hall–Kier alpha value is -3.26. The fourth-order valence-electron chi connectivity index (χ4n) is 3.66. The van der Waals surface area contributed by atoms with Gasteiger partial charge in [-0.25, -0.2) is 0 Å². The quantitative estimate of drug-likeness (QED) is 0.569.